The molecule has 3 nitrogen and oxygen atoms in total. The summed E-state index contributed by atoms with van der Waals surface area (Å²) in [6.45, 7) is 6.53. The summed E-state index contributed by atoms with van der Waals surface area (Å²) in [4.78, 5) is 8.77. The van der Waals surface area contributed by atoms with Crippen molar-refractivity contribution in [2.75, 3.05) is 5.32 Å². The Morgan fingerprint density at radius 2 is 1.69 bits per heavy atom. The third-order valence-corrected chi connectivity index (χ3v) is 3.21. The van der Waals surface area contributed by atoms with E-state index in [4.69, 9.17) is 0 Å². The van der Waals surface area contributed by atoms with Gasteiger partial charge >= 0.3 is 0 Å². The first-order valence-electron chi connectivity index (χ1n) is 6.15. The highest BCUT2D eigenvalue weighted by Gasteiger charge is 2.17. The fraction of sp³-hybridized carbons (Fsp3) is 0.692. The van der Waals surface area contributed by atoms with Crippen LogP contribution in [0.25, 0.3) is 0 Å². The summed E-state index contributed by atoms with van der Waals surface area (Å²) >= 11 is 0. The van der Waals surface area contributed by atoms with Crippen molar-refractivity contribution in [3.05, 3.63) is 18.0 Å². The van der Waals surface area contributed by atoms with Crippen LogP contribution in [-0.2, 0) is 5.41 Å². The molecule has 0 radical (unpaired) electrons. The van der Waals surface area contributed by atoms with Crippen LogP contribution in [0.1, 0.15) is 52.0 Å². The largest absolute Gasteiger partial charge is 0.351 e. The molecule has 0 saturated heterocycles. The molecule has 1 fully saturated rings. The molecule has 1 heterocycles. The predicted molar refractivity (Wildman–Crippen MR) is 66.6 cm³/mol. The lowest BCUT2D eigenvalue weighted by molar-refractivity contribution is 0.584. The van der Waals surface area contributed by atoms with Crippen molar-refractivity contribution in [1.29, 1.82) is 0 Å². The Kier molecular flexibility index (Phi) is 3.13. The molecule has 16 heavy (non-hydrogen) atoms. The zero-order chi connectivity index (χ0) is 11.6. The normalized spacial score (nSPS) is 17.7. The highest BCUT2D eigenvalue weighted by Crippen LogP contribution is 2.23. The Hall–Kier alpha value is -1.12. The number of hydrogen-bond acceptors (Lipinski definition) is 3. The molecule has 1 aromatic rings. The molecule has 88 valence electrons. The lowest BCUT2D eigenvalue weighted by Crippen LogP contribution is -2.18. The highest BCUT2D eigenvalue weighted by molar-refractivity contribution is 5.28. The van der Waals surface area contributed by atoms with Gasteiger partial charge in [-0.05, 0) is 23.8 Å². The molecule has 0 spiro atoms. The summed E-state index contributed by atoms with van der Waals surface area (Å²) in [5.74, 6) is 0.778. The third kappa shape index (κ3) is 2.71. The SMILES string of the molecule is CC(C)(C)c1cnc(NC2CCCC2)nc1. The number of rotatable bonds is 2. The van der Waals surface area contributed by atoms with Gasteiger partial charge in [0.2, 0.25) is 5.95 Å². The van der Waals surface area contributed by atoms with Gasteiger partial charge in [-0.3, -0.25) is 0 Å². The van der Waals surface area contributed by atoms with Gasteiger partial charge in [-0.25, -0.2) is 9.97 Å². The molecule has 1 aliphatic carbocycles. The lowest BCUT2D eigenvalue weighted by atomic mass is 9.89. The van der Waals surface area contributed by atoms with E-state index in [-0.39, 0.29) is 5.41 Å². The molecule has 1 aromatic heterocycles. The maximum Gasteiger partial charge on any atom is 0.222 e. The molecule has 0 aliphatic heterocycles. The number of nitrogens with one attached hydrogen (secondary N) is 1. The van der Waals surface area contributed by atoms with Gasteiger partial charge in [0.15, 0.2) is 0 Å². The molecule has 1 aliphatic rings. The lowest BCUT2D eigenvalue weighted by Gasteiger charge is -2.18. The number of nitrogens with zero attached hydrogens (tertiary/aromatic N) is 2. The van der Waals surface area contributed by atoms with E-state index in [9.17, 15) is 0 Å². The van der Waals surface area contributed by atoms with Gasteiger partial charge in [0.05, 0.1) is 0 Å². The van der Waals surface area contributed by atoms with E-state index in [1.807, 2.05) is 12.4 Å². The summed E-state index contributed by atoms with van der Waals surface area (Å²) in [5, 5.41) is 3.40. The average Bonchev–Trinajstić information content (AvgIpc) is 2.70. The highest BCUT2D eigenvalue weighted by atomic mass is 15.1. The van der Waals surface area contributed by atoms with Crippen LogP contribution in [-0.4, -0.2) is 16.0 Å². The second-order valence-electron chi connectivity index (χ2n) is 5.67. The molecule has 0 atom stereocenters. The minimum absolute atomic E-state index is 0.131. The summed E-state index contributed by atoms with van der Waals surface area (Å²) < 4.78 is 0. The second kappa shape index (κ2) is 4.40. The quantitative estimate of drug-likeness (QED) is 0.830. The van der Waals surface area contributed by atoms with Crippen LogP contribution < -0.4 is 5.32 Å². The fourth-order valence-corrected chi connectivity index (χ4v) is 2.04. The van der Waals surface area contributed by atoms with Crippen LogP contribution in [0.15, 0.2) is 12.4 Å². The Balaban J connectivity index is 2.01. The van der Waals surface area contributed by atoms with Gasteiger partial charge in [-0.2, -0.15) is 0 Å². The van der Waals surface area contributed by atoms with Crippen molar-refractivity contribution in [3.8, 4) is 0 Å². The summed E-state index contributed by atoms with van der Waals surface area (Å²) in [5.41, 5.74) is 1.32. The minimum atomic E-state index is 0.131. The van der Waals surface area contributed by atoms with Gasteiger partial charge in [0.25, 0.3) is 0 Å². The van der Waals surface area contributed by atoms with Crippen LogP contribution in [0.3, 0.4) is 0 Å². The Morgan fingerprint density at radius 3 is 2.19 bits per heavy atom. The van der Waals surface area contributed by atoms with Crippen LogP contribution in [0.2, 0.25) is 0 Å². The van der Waals surface area contributed by atoms with Crippen LogP contribution in [0.5, 0.6) is 0 Å². The number of hydrogen-bond donors (Lipinski definition) is 1. The van der Waals surface area contributed by atoms with Gasteiger partial charge in [-0.15, -0.1) is 0 Å². The zero-order valence-electron chi connectivity index (χ0n) is 10.5. The predicted octanol–water partition coefficient (Wildman–Crippen LogP) is 3.13. The molecular weight excluding hydrogens is 198 g/mol. The summed E-state index contributed by atoms with van der Waals surface area (Å²) in [6, 6.07) is 0.584. The standard InChI is InChI=1S/C13H21N3/c1-13(2,3)10-8-14-12(15-9-10)16-11-6-4-5-7-11/h8-9,11H,4-7H2,1-3H3,(H,14,15,16). The van der Waals surface area contributed by atoms with E-state index in [2.05, 4.69) is 36.1 Å². The van der Waals surface area contributed by atoms with E-state index in [0.29, 0.717) is 6.04 Å². The monoisotopic (exact) mass is 219 g/mol. The van der Waals surface area contributed by atoms with Crippen LogP contribution in [0.4, 0.5) is 5.95 Å². The van der Waals surface area contributed by atoms with Gasteiger partial charge in [-0.1, -0.05) is 33.6 Å². The Labute approximate surface area is 97.7 Å². The fourth-order valence-electron chi connectivity index (χ4n) is 2.04. The van der Waals surface area contributed by atoms with Crippen molar-refractivity contribution >= 4 is 5.95 Å². The van der Waals surface area contributed by atoms with Crippen molar-refractivity contribution < 1.29 is 0 Å². The molecule has 1 saturated carbocycles. The van der Waals surface area contributed by atoms with E-state index in [0.717, 1.165) is 5.95 Å². The maximum absolute atomic E-state index is 4.39. The van der Waals surface area contributed by atoms with E-state index in [1.54, 1.807) is 0 Å². The minimum Gasteiger partial charge on any atom is -0.351 e. The molecule has 0 amide bonds. The van der Waals surface area contributed by atoms with Crippen molar-refractivity contribution in [2.24, 2.45) is 0 Å². The first-order chi connectivity index (χ1) is 7.55. The molecule has 1 N–H and O–H groups in total. The van der Waals surface area contributed by atoms with E-state index >= 15 is 0 Å². The van der Waals surface area contributed by atoms with Crippen molar-refractivity contribution in [1.82, 2.24) is 9.97 Å². The molecule has 0 aromatic carbocycles. The summed E-state index contributed by atoms with van der Waals surface area (Å²) in [6.07, 6.45) is 9.04. The Morgan fingerprint density at radius 1 is 1.12 bits per heavy atom. The average molecular weight is 219 g/mol. The maximum atomic E-state index is 4.39. The number of anilines is 1. The van der Waals surface area contributed by atoms with E-state index < -0.39 is 0 Å². The van der Waals surface area contributed by atoms with Gasteiger partial charge < -0.3 is 5.32 Å². The Bertz CT molecular complexity index is 331. The van der Waals surface area contributed by atoms with E-state index in [1.165, 1.54) is 31.2 Å². The molecule has 3 heteroatoms. The number of aromatic nitrogens is 2. The third-order valence-electron chi connectivity index (χ3n) is 3.21. The van der Waals surface area contributed by atoms with Gasteiger partial charge in [0, 0.05) is 18.4 Å². The summed E-state index contributed by atoms with van der Waals surface area (Å²) in [7, 11) is 0. The van der Waals surface area contributed by atoms with Crippen molar-refractivity contribution in [3.63, 3.8) is 0 Å². The smallest absolute Gasteiger partial charge is 0.222 e. The first kappa shape index (κ1) is 11.4. The topological polar surface area (TPSA) is 37.8 Å². The zero-order valence-corrected chi connectivity index (χ0v) is 10.5. The van der Waals surface area contributed by atoms with Crippen LogP contribution in [0, 0.1) is 0 Å². The van der Waals surface area contributed by atoms with Gasteiger partial charge in [0.1, 0.15) is 0 Å². The second-order valence-corrected chi connectivity index (χ2v) is 5.67. The molecule has 2 rings (SSSR count). The molecular formula is C13H21N3. The molecule has 0 unspecified atom stereocenters. The first-order valence-corrected chi connectivity index (χ1v) is 6.15. The van der Waals surface area contributed by atoms with Crippen LogP contribution >= 0.6 is 0 Å². The van der Waals surface area contributed by atoms with Crippen molar-refractivity contribution in [2.45, 2.75) is 57.9 Å². The molecule has 0 bridgehead atoms.